The summed E-state index contributed by atoms with van der Waals surface area (Å²) in [4.78, 5) is 23.0. The van der Waals surface area contributed by atoms with Crippen LogP contribution in [0.1, 0.15) is 53.9 Å². The number of urea groups is 1. The summed E-state index contributed by atoms with van der Waals surface area (Å²) in [6, 6.07) is -0.349. The molecule has 18 heavy (non-hydrogen) atoms. The molecule has 0 radical (unpaired) electrons. The Balaban J connectivity index is 4.57. The minimum absolute atomic E-state index is 0.0599. The summed E-state index contributed by atoms with van der Waals surface area (Å²) in [6.45, 7) is 9.47. The normalized spacial score (nSPS) is 15.9. The standard InChI is InChI=1S/C13H26N2O3/c1-6-8-13(5,11(16)17)15-12(18)14-10(7-2)9(3)4/h9-10H,6-8H2,1-5H3,(H,16,17)(H2,14,15,18). The van der Waals surface area contributed by atoms with Gasteiger partial charge in [0.2, 0.25) is 0 Å². The van der Waals surface area contributed by atoms with E-state index in [1.807, 2.05) is 27.7 Å². The third kappa shape index (κ3) is 4.94. The molecule has 2 atom stereocenters. The van der Waals surface area contributed by atoms with Crippen molar-refractivity contribution < 1.29 is 14.7 Å². The second-order valence-corrected chi connectivity index (χ2v) is 5.24. The van der Waals surface area contributed by atoms with E-state index in [0.29, 0.717) is 18.8 Å². The number of carbonyl (C=O) groups excluding carboxylic acids is 1. The van der Waals surface area contributed by atoms with Gasteiger partial charge >= 0.3 is 12.0 Å². The van der Waals surface area contributed by atoms with Gasteiger partial charge < -0.3 is 15.7 Å². The van der Waals surface area contributed by atoms with E-state index in [1.165, 1.54) is 6.92 Å². The van der Waals surface area contributed by atoms with Gasteiger partial charge in [0.15, 0.2) is 0 Å². The molecule has 2 amide bonds. The fourth-order valence-corrected chi connectivity index (χ4v) is 1.92. The molecule has 0 aliphatic heterocycles. The van der Waals surface area contributed by atoms with Gasteiger partial charge in [-0.3, -0.25) is 0 Å². The molecule has 0 bridgehead atoms. The Kier molecular flexibility index (Phi) is 6.73. The van der Waals surface area contributed by atoms with Crippen molar-refractivity contribution in [2.24, 2.45) is 5.92 Å². The SMILES string of the molecule is CCCC(C)(NC(=O)NC(CC)C(C)C)C(=O)O. The van der Waals surface area contributed by atoms with E-state index in [2.05, 4.69) is 10.6 Å². The Bertz CT molecular complexity index is 292. The van der Waals surface area contributed by atoms with Crippen molar-refractivity contribution in [1.82, 2.24) is 10.6 Å². The molecular formula is C13H26N2O3. The summed E-state index contributed by atoms with van der Waals surface area (Å²) in [5.74, 6) is -0.680. The van der Waals surface area contributed by atoms with Crippen molar-refractivity contribution >= 4 is 12.0 Å². The van der Waals surface area contributed by atoms with Crippen molar-refractivity contribution in [2.75, 3.05) is 0 Å². The van der Waals surface area contributed by atoms with E-state index in [1.54, 1.807) is 0 Å². The summed E-state index contributed by atoms with van der Waals surface area (Å²) in [5.41, 5.74) is -1.20. The molecule has 0 spiro atoms. The van der Waals surface area contributed by atoms with Crippen molar-refractivity contribution in [1.29, 1.82) is 0 Å². The Labute approximate surface area is 109 Å². The first-order valence-corrected chi connectivity index (χ1v) is 6.58. The Hall–Kier alpha value is -1.26. The molecule has 0 rings (SSSR count). The molecule has 3 N–H and O–H groups in total. The van der Waals surface area contributed by atoms with E-state index in [9.17, 15) is 14.7 Å². The fourth-order valence-electron chi connectivity index (χ4n) is 1.92. The lowest BCUT2D eigenvalue weighted by Crippen LogP contribution is -2.57. The van der Waals surface area contributed by atoms with Gasteiger partial charge in [-0.1, -0.05) is 34.1 Å². The zero-order valence-electron chi connectivity index (χ0n) is 12.0. The number of nitrogens with one attached hydrogen (secondary N) is 2. The van der Waals surface area contributed by atoms with E-state index < -0.39 is 17.5 Å². The molecule has 0 fully saturated rings. The summed E-state index contributed by atoms with van der Waals surface area (Å²) < 4.78 is 0. The van der Waals surface area contributed by atoms with Gasteiger partial charge in [-0.2, -0.15) is 0 Å². The number of hydrogen-bond acceptors (Lipinski definition) is 2. The number of amides is 2. The number of carboxylic acids is 1. The molecule has 106 valence electrons. The monoisotopic (exact) mass is 258 g/mol. The molecule has 5 nitrogen and oxygen atoms in total. The molecule has 0 heterocycles. The van der Waals surface area contributed by atoms with Crippen LogP contribution in [0.3, 0.4) is 0 Å². The van der Waals surface area contributed by atoms with Gasteiger partial charge in [-0.15, -0.1) is 0 Å². The Morgan fingerprint density at radius 1 is 1.28 bits per heavy atom. The average molecular weight is 258 g/mol. The topological polar surface area (TPSA) is 78.4 Å². The van der Waals surface area contributed by atoms with Crippen LogP contribution in [0.5, 0.6) is 0 Å². The highest BCUT2D eigenvalue weighted by Crippen LogP contribution is 2.13. The lowest BCUT2D eigenvalue weighted by Gasteiger charge is -2.28. The van der Waals surface area contributed by atoms with Crippen LogP contribution in [-0.2, 0) is 4.79 Å². The molecule has 0 aromatic carbocycles. The van der Waals surface area contributed by atoms with E-state index in [4.69, 9.17) is 0 Å². The van der Waals surface area contributed by atoms with Crippen LogP contribution >= 0.6 is 0 Å². The highest BCUT2D eigenvalue weighted by molar-refractivity contribution is 5.85. The van der Waals surface area contributed by atoms with Crippen LogP contribution in [-0.4, -0.2) is 28.7 Å². The third-order valence-corrected chi connectivity index (χ3v) is 3.17. The summed E-state index contributed by atoms with van der Waals surface area (Å²) in [5, 5.41) is 14.6. The predicted octanol–water partition coefficient (Wildman–Crippen LogP) is 2.36. The van der Waals surface area contributed by atoms with Crippen molar-refractivity contribution in [3.63, 3.8) is 0 Å². The zero-order chi connectivity index (χ0) is 14.3. The minimum Gasteiger partial charge on any atom is -0.480 e. The fraction of sp³-hybridized carbons (Fsp3) is 0.846. The van der Waals surface area contributed by atoms with Gasteiger partial charge in [-0.25, -0.2) is 9.59 Å². The van der Waals surface area contributed by atoms with Crippen LogP contribution < -0.4 is 10.6 Å². The molecule has 5 heteroatoms. The molecule has 0 aliphatic carbocycles. The number of rotatable bonds is 7. The average Bonchev–Trinajstić information content (AvgIpc) is 2.25. The number of aliphatic carboxylic acids is 1. The minimum atomic E-state index is -1.20. The lowest BCUT2D eigenvalue weighted by atomic mass is 9.96. The van der Waals surface area contributed by atoms with Crippen molar-refractivity contribution in [2.45, 2.75) is 65.5 Å². The Morgan fingerprint density at radius 3 is 2.17 bits per heavy atom. The highest BCUT2D eigenvalue weighted by Gasteiger charge is 2.34. The first-order chi connectivity index (χ1) is 8.26. The number of hydrogen-bond donors (Lipinski definition) is 3. The Morgan fingerprint density at radius 2 is 1.83 bits per heavy atom. The van der Waals surface area contributed by atoms with Crippen LogP contribution in [0.25, 0.3) is 0 Å². The quantitative estimate of drug-likeness (QED) is 0.656. The number of carbonyl (C=O) groups is 2. The predicted molar refractivity (Wildman–Crippen MR) is 71.5 cm³/mol. The molecule has 2 unspecified atom stereocenters. The maximum absolute atomic E-state index is 11.8. The van der Waals surface area contributed by atoms with Gasteiger partial charge in [-0.05, 0) is 25.7 Å². The van der Waals surface area contributed by atoms with E-state index in [-0.39, 0.29) is 6.04 Å². The first kappa shape index (κ1) is 16.7. The van der Waals surface area contributed by atoms with Gasteiger partial charge in [0, 0.05) is 6.04 Å². The first-order valence-electron chi connectivity index (χ1n) is 6.58. The second kappa shape index (κ2) is 7.24. The summed E-state index contributed by atoms with van der Waals surface area (Å²) in [7, 11) is 0. The van der Waals surface area contributed by atoms with Crippen molar-refractivity contribution in [3.8, 4) is 0 Å². The summed E-state index contributed by atoms with van der Waals surface area (Å²) >= 11 is 0. The van der Waals surface area contributed by atoms with Crippen molar-refractivity contribution in [3.05, 3.63) is 0 Å². The van der Waals surface area contributed by atoms with Gasteiger partial charge in [0.1, 0.15) is 5.54 Å². The van der Waals surface area contributed by atoms with E-state index in [0.717, 1.165) is 6.42 Å². The highest BCUT2D eigenvalue weighted by atomic mass is 16.4. The lowest BCUT2D eigenvalue weighted by molar-refractivity contribution is -0.144. The molecule has 0 aromatic heterocycles. The molecular weight excluding hydrogens is 232 g/mol. The largest absolute Gasteiger partial charge is 0.480 e. The number of carboxylic acid groups (broad SMARTS) is 1. The van der Waals surface area contributed by atoms with Crippen LogP contribution in [0.2, 0.25) is 0 Å². The second-order valence-electron chi connectivity index (χ2n) is 5.24. The molecule has 0 saturated heterocycles. The third-order valence-electron chi connectivity index (χ3n) is 3.17. The molecule has 0 aliphatic rings. The zero-order valence-corrected chi connectivity index (χ0v) is 12.0. The summed E-state index contributed by atoms with van der Waals surface area (Å²) in [6.07, 6.45) is 1.93. The van der Waals surface area contributed by atoms with Gasteiger partial charge in [0.25, 0.3) is 0 Å². The van der Waals surface area contributed by atoms with Crippen LogP contribution in [0.4, 0.5) is 4.79 Å². The van der Waals surface area contributed by atoms with Crippen LogP contribution in [0, 0.1) is 5.92 Å². The smallest absolute Gasteiger partial charge is 0.329 e. The maximum atomic E-state index is 11.8. The van der Waals surface area contributed by atoms with Crippen LogP contribution in [0.15, 0.2) is 0 Å². The van der Waals surface area contributed by atoms with E-state index >= 15 is 0 Å². The molecule has 0 aromatic rings. The maximum Gasteiger partial charge on any atom is 0.329 e. The van der Waals surface area contributed by atoms with Gasteiger partial charge in [0.05, 0.1) is 0 Å². The molecule has 0 saturated carbocycles.